The Kier molecular flexibility index (Phi) is 8.27. The van der Waals surface area contributed by atoms with E-state index in [1.165, 1.54) is 5.56 Å². The third-order valence-corrected chi connectivity index (χ3v) is 5.19. The summed E-state index contributed by atoms with van der Waals surface area (Å²) in [5.74, 6) is 1.26. The van der Waals surface area contributed by atoms with E-state index in [1.807, 2.05) is 41.8 Å². The summed E-state index contributed by atoms with van der Waals surface area (Å²) in [5.41, 5.74) is 2.69. The fourth-order valence-corrected chi connectivity index (χ4v) is 3.72. The van der Waals surface area contributed by atoms with E-state index in [0.29, 0.717) is 30.4 Å². The van der Waals surface area contributed by atoms with Crippen LogP contribution in [0, 0.1) is 0 Å². The van der Waals surface area contributed by atoms with Crippen LogP contribution < -0.4 is 14.8 Å². The van der Waals surface area contributed by atoms with Crippen LogP contribution in [0.25, 0.3) is 0 Å². The molecule has 0 radical (unpaired) electrons. The lowest BCUT2D eigenvalue weighted by molar-refractivity contribution is -0.115. The van der Waals surface area contributed by atoms with Gasteiger partial charge >= 0.3 is 0 Å². The summed E-state index contributed by atoms with van der Waals surface area (Å²) in [7, 11) is 0. The van der Waals surface area contributed by atoms with E-state index in [0.717, 1.165) is 30.0 Å². The van der Waals surface area contributed by atoms with Crippen molar-refractivity contribution < 1.29 is 14.3 Å². The number of carbonyl (C=O) groups excluding carboxylic acids is 1. The van der Waals surface area contributed by atoms with Crippen LogP contribution in [0.1, 0.15) is 43.0 Å². The van der Waals surface area contributed by atoms with Crippen molar-refractivity contribution in [2.24, 2.45) is 0 Å². The molecule has 0 saturated carbocycles. The Labute approximate surface area is 182 Å². The zero-order valence-corrected chi connectivity index (χ0v) is 18.3. The van der Waals surface area contributed by atoms with Crippen LogP contribution in [-0.4, -0.2) is 24.1 Å². The Hall–Kier alpha value is -2.86. The molecule has 0 atom stereocenters. The zero-order chi connectivity index (χ0) is 21.2. The summed E-state index contributed by atoms with van der Waals surface area (Å²) in [6, 6.07) is 15.7. The van der Waals surface area contributed by atoms with Crippen molar-refractivity contribution in [3.63, 3.8) is 0 Å². The Bertz CT molecular complexity index is 941. The van der Waals surface area contributed by atoms with E-state index >= 15 is 0 Å². The monoisotopic (exact) mass is 424 g/mol. The zero-order valence-electron chi connectivity index (χ0n) is 17.5. The summed E-state index contributed by atoms with van der Waals surface area (Å²) >= 11 is 1.59. The van der Waals surface area contributed by atoms with Crippen molar-refractivity contribution in [3.8, 4) is 11.5 Å². The number of benzene rings is 2. The molecule has 0 spiro atoms. The summed E-state index contributed by atoms with van der Waals surface area (Å²) in [4.78, 5) is 17.1. The van der Waals surface area contributed by atoms with Crippen molar-refractivity contribution in [1.29, 1.82) is 0 Å². The molecule has 30 heavy (non-hydrogen) atoms. The van der Waals surface area contributed by atoms with Crippen LogP contribution in [-0.2, 0) is 17.6 Å². The molecule has 0 aliphatic carbocycles. The minimum absolute atomic E-state index is 0.102. The number of amides is 1. The number of nitrogens with zero attached hydrogens (tertiary/aromatic N) is 1. The number of rotatable bonds is 11. The molecule has 158 valence electrons. The Morgan fingerprint density at radius 3 is 2.47 bits per heavy atom. The van der Waals surface area contributed by atoms with E-state index in [-0.39, 0.29) is 12.3 Å². The second-order valence-corrected chi connectivity index (χ2v) is 7.92. The van der Waals surface area contributed by atoms with Crippen molar-refractivity contribution in [1.82, 2.24) is 4.98 Å². The predicted octanol–water partition coefficient (Wildman–Crippen LogP) is 5.49. The maximum atomic E-state index is 12.5. The van der Waals surface area contributed by atoms with Crippen molar-refractivity contribution in [3.05, 3.63) is 70.2 Å². The molecule has 1 aromatic heterocycles. The number of anilines is 1. The first-order valence-corrected chi connectivity index (χ1v) is 11.2. The lowest BCUT2D eigenvalue weighted by Crippen LogP contribution is -2.15. The lowest BCUT2D eigenvalue weighted by Gasteiger charge is -2.14. The Balaban J connectivity index is 1.60. The van der Waals surface area contributed by atoms with Crippen molar-refractivity contribution in [2.75, 3.05) is 18.5 Å². The van der Waals surface area contributed by atoms with E-state index < -0.39 is 0 Å². The molecule has 6 heteroatoms. The number of carbonyl (C=O) groups is 1. The van der Waals surface area contributed by atoms with Gasteiger partial charge in [-0.1, -0.05) is 44.2 Å². The minimum Gasteiger partial charge on any atom is -0.490 e. The highest BCUT2D eigenvalue weighted by molar-refractivity contribution is 7.09. The molecule has 0 saturated heterocycles. The van der Waals surface area contributed by atoms with Crippen LogP contribution >= 0.6 is 11.3 Å². The van der Waals surface area contributed by atoms with E-state index in [4.69, 9.17) is 9.47 Å². The molecule has 0 bridgehead atoms. The molecular formula is C24H28N2O3S. The third kappa shape index (κ3) is 6.59. The summed E-state index contributed by atoms with van der Waals surface area (Å²) in [6.07, 6.45) is 2.85. The quantitative estimate of drug-likeness (QED) is 0.442. The van der Waals surface area contributed by atoms with Crippen LogP contribution in [0.5, 0.6) is 11.5 Å². The second-order valence-electron chi connectivity index (χ2n) is 6.98. The molecule has 1 heterocycles. The number of ether oxygens (including phenoxy) is 2. The van der Waals surface area contributed by atoms with Gasteiger partial charge in [0.05, 0.1) is 30.3 Å². The fourth-order valence-electron chi connectivity index (χ4n) is 2.89. The molecule has 1 amide bonds. The molecule has 3 aromatic rings. The Morgan fingerprint density at radius 1 is 1.00 bits per heavy atom. The highest BCUT2D eigenvalue weighted by Crippen LogP contribution is 2.31. The van der Waals surface area contributed by atoms with Gasteiger partial charge in [0.1, 0.15) is 0 Å². The average Bonchev–Trinajstić information content (AvgIpc) is 3.18. The molecule has 1 N–H and O–H groups in total. The number of hydrogen-bond acceptors (Lipinski definition) is 5. The molecule has 0 aliphatic rings. The standard InChI is InChI=1S/C24H28N2O3S/c1-3-12-28-21-11-10-19(15-22(21)29-13-4-2)25-23(27)16-20-17-30-24(26-20)14-18-8-6-5-7-9-18/h5-11,15,17H,3-4,12-14,16H2,1-2H3,(H,25,27). The third-order valence-electron chi connectivity index (χ3n) is 4.29. The van der Waals surface area contributed by atoms with Crippen LogP contribution in [0.3, 0.4) is 0 Å². The van der Waals surface area contributed by atoms with E-state index in [1.54, 1.807) is 11.3 Å². The molecule has 0 fully saturated rings. The van der Waals surface area contributed by atoms with Gasteiger partial charge in [-0.15, -0.1) is 11.3 Å². The van der Waals surface area contributed by atoms with Gasteiger partial charge in [0.15, 0.2) is 11.5 Å². The maximum absolute atomic E-state index is 12.5. The van der Waals surface area contributed by atoms with Gasteiger partial charge in [0, 0.05) is 23.6 Å². The van der Waals surface area contributed by atoms with Crippen LogP contribution in [0.15, 0.2) is 53.9 Å². The first-order valence-electron chi connectivity index (χ1n) is 10.3. The topological polar surface area (TPSA) is 60.5 Å². The van der Waals surface area contributed by atoms with Crippen LogP contribution in [0.2, 0.25) is 0 Å². The summed E-state index contributed by atoms with van der Waals surface area (Å²) in [6.45, 7) is 5.34. The molecule has 5 nitrogen and oxygen atoms in total. The number of nitrogens with one attached hydrogen (secondary N) is 1. The highest BCUT2D eigenvalue weighted by atomic mass is 32.1. The van der Waals surface area contributed by atoms with Gasteiger partial charge in [-0.05, 0) is 30.5 Å². The maximum Gasteiger partial charge on any atom is 0.230 e. The van der Waals surface area contributed by atoms with Gasteiger partial charge in [0.2, 0.25) is 5.91 Å². The van der Waals surface area contributed by atoms with Crippen LogP contribution in [0.4, 0.5) is 5.69 Å². The van der Waals surface area contributed by atoms with E-state index in [9.17, 15) is 4.79 Å². The normalized spacial score (nSPS) is 10.6. The molecule has 3 rings (SSSR count). The molecular weight excluding hydrogens is 396 g/mol. The molecule has 0 aliphatic heterocycles. The molecule has 0 unspecified atom stereocenters. The minimum atomic E-state index is -0.102. The number of thiazole rings is 1. The van der Waals surface area contributed by atoms with Crippen molar-refractivity contribution in [2.45, 2.75) is 39.5 Å². The summed E-state index contributed by atoms with van der Waals surface area (Å²) < 4.78 is 11.5. The Morgan fingerprint density at radius 2 is 1.73 bits per heavy atom. The highest BCUT2D eigenvalue weighted by Gasteiger charge is 2.11. The number of aromatic nitrogens is 1. The van der Waals surface area contributed by atoms with E-state index in [2.05, 4.69) is 36.3 Å². The number of hydrogen-bond donors (Lipinski definition) is 1. The predicted molar refractivity (Wildman–Crippen MR) is 122 cm³/mol. The van der Waals surface area contributed by atoms with Gasteiger partial charge in [-0.3, -0.25) is 4.79 Å². The van der Waals surface area contributed by atoms with Gasteiger partial charge in [-0.2, -0.15) is 0 Å². The first-order chi connectivity index (χ1) is 14.7. The fraction of sp³-hybridized carbons (Fsp3) is 0.333. The lowest BCUT2D eigenvalue weighted by atomic mass is 10.2. The largest absolute Gasteiger partial charge is 0.490 e. The van der Waals surface area contributed by atoms with Gasteiger partial charge < -0.3 is 14.8 Å². The van der Waals surface area contributed by atoms with Crippen molar-refractivity contribution >= 4 is 22.9 Å². The summed E-state index contributed by atoms with van der Waals surface area (Å²) in [5, 5.41) is 5.90. The smallest absolute Gasteiger partial charge is 0.230 e. The average molecular weight is 425 g/mol. The second kappa shape index (κ2) is 11.4. The SMILES string of the molecule is CCCOc1ccc(NC(=O)Cc2csc(Cc3ccccc3)n2)cc1OCCC. The molecule has 2 aromatic carbocycles. The van der Waals surface area contributed by atoms with Gasteiger partial charge in [0.25, 0.3) is 0 Å². The first kappa shape index (κ1) is 21.8. The van der Waals surface area contributed by atoms with Gasteiger partial charge in [-0.25, -0.2) is 4.98 Å².